The Morgan fingerprint density at radius 1 is 1.22 bits per heavy atom. The molecular formula is C23H33N5O3S. The molecule has 0 aliphatic carbocycles. The number of allylic oxidation sites excluding steroid dienone is 1. The van der Waals surface area contributed by atoms with Crippen molar-refractivity contribution in [3.8, 4) is 0 Å². The molecule has 1 aromatic rings. The number of amides is 1. The van der Waals surface area contributed by atoms with Gasteiger partial charge < -0.3 is 5.32 Å². The SMILES string of the molecule is Cc1ccc(S(=O)(=O)NN=C(CC2=NCN(C(=O)C(C)(C)C)C=C2)C2CCNCC2)cc1. The van der Waals surface area contributed by atoms with Gasteiger partial charge in [0.2, 0.25) is 5.91 Å². The molecular weight excluding hydrogens is 426 g/mol. The van der Waals surface area contributed by atoms with E-state index in [4.69, 9.17) is 0 Å². The number of carbonyl (C=O) groups excluding carboxylic acids is 1. The van der Waals surface area contributed by atoms with Gasteiger partial charge in [0.1, 0.15) is 6.67 Å². The van der Waals surface area contributed by atoms with Crippen molar-refractivity contribution < 1.29 is 13.2 Å². The van der Waals surface area contributed by atoms with Gasteiger partial charge in [0.15, 0.2) is 0 Å². The van der Waals surface area contributed by atoms with Gasteiger partial charge in [-0.25, -0.2) is 4.83 Å². The van der Waals surface area contributed by atoms with Crippen molar-refractivity contribution in [1.82, 2.24) is 15.0 Å². The molecule has 0 spiro atoms. The largest absolute Gasteiger partial charge is 0.317 e. The second-order valence-corrected chi connectivity index (χ2v) is 11.0. The maximum Gasteiger partial charge on any atom is 0.276 e. The summed E-state index contributed by atoms with van der Waals surface area (Å²) in [4.78, 5) is 21.2. The Morgan fingerprint density at radius 2 is 1.88 bits per heavy atom. The van der Waals surface area contributed by atoms with Gasteiger partial charge in [-0.15, -0.1) is 0 Å². The topological polar surface area (TPSA) is 103 Å². The number of nitrogens with zero attached hydrogens (tertiary/aromatic N) is 3. The third-order valence-corrected chi connectivity index (χ3v) is 6.81. The molecule has 2 aliphatic heterocycles. The molecule has 3 rings (SSSR count). The van der Waals surface area contributed by atoms with Crippen LogP contribution in [-0.4, -0.2) is 50.4 Å². The molecule has 2 N–H and O–H groups in total. The molecule has 2 heterocycles. The van der Waals surface area contributed by atoms with Gasteiger partial charge in [0, 0.05) is 35.4 Å². The highest BCUT2D eigenvalue weighted by atomic mass is 32.2. The number of hydrogen-bond acceptors (Lipinski definition) is 6. The molecule has 1 fully saturated rings. The quantitative estimate of drug-likeness (QED) is 0.504. The molecule has 0 radical (unpaired) electrons. The van der Waals surface area contributed by atoms with Crippen molar-refractivity contribution in [2.24, 2.45) is 21.4 Å². The lowest BCUT2D eigenvalue weighted by Gasteiger charge is -2.28. The lowest BCUT2D eigenvalue weighted by Crippen LogP contribution is -2.38. The van der Waals surface area contributed by atoms with E-state index in [1.54, 1.807) is 35.4 Å². The molecule has 32 heavy (non-hydrogen) atoms. The van der Waals surface area contributed by atoms with Crippen LogP contribution in [0.15, 0.2) is 51.5 Å². The van der Waals surface area contributed by atoms with Crippen LogP contribution in [0.3, 0.4) is 0 Å². The number of sulfonamides is 1. The van der Waals surface area contributed by atoms with Crippen LogP contribution >= 0.6 is 0 Å². The van der Waals surface area contributed by atoms with Gasteiger partial charge in [-0.2, -0.15) is 13.5 Å². The third kappa shape index (κ3) is 6.26. The highest BCUT2D eigenvalue weighted by molar-refractivity contribution is 7.89. The van der Waals surface area contributed by atoms with E-state index in [9.17, 15) is 13.2 Å². The summed E-state index contributed by atoms with van der Waals surface area (Å²) in [6.07, 6.45) is 5.78. The Bertz CT molecular complexity index is 1010. The fraction of sp³-hybridized carbons (Fsp3) is 0.522. The minimum absolute atomic E-state index is 0.00894. The second kappa shape index (κ2) is 9.95. The van der Waals surface area contributed by atoms with Crippen molar-refractivity contribution in [3.05, 3.63) is 42.1 Å². The average molecular weight is 460 g/mol. The number of benzene rings is 1. The van der Waals surface area contributed by atoms with E-state index in [0.29, 0.717) is 6.42 Å². The van der Waals surface area contributed by atoms with Gasteiger partial charge in [-0.3, -0.25) is 14.7 Å². The minimum Gasteiger partial charge on any atom is -0.317 e. The van der Waals surface area contributed by atoms with Gasteiger partial charge in [0.25, 0.3) is 10.0 Å². The van der Waals surface area contributed by atoms with E-state index in [2.05, 4.69) is 20.2 Å². The Hall–Kier alpha value is -2.52. The number of aryl methyl sites for hydroxylation is 1. The maximum atomic E-state index is 12.7. The van der Waals surface area contributed by atoms with Crippen LogP contribution in [-0.2, 0) is 14.8 Å². The van der Waals surface area contributed by atoms with E-state index >= 15 is 0 Å². The van der Waals surface area contributed by atoms with E-state index in [1.165, 1.54) is 0 Å². The molecule has 1 aromatic carbocycles. The summed E-state index contributed by atoms with van der Waals surface area (Å²) in [6.45, 7) is 9.54. The molecule has 2 aliphatic rings. The average Bonchev–Trinajstić information content (AvgIpc) is 2.77. The predicted octanol–water partition coefficient (Wildman–Crippen LogP) is 2.82. The molecule has 1 saturated heterocycles. The van der Waals surface area contributed by atoms with Gasteiger partial charge in [0.05, 0.1) is 4.90 Å². The van der Waals surface area contributed by atoms with E-state index < -0.39 is 15.4 Å². The standard InChI is InChI=1S/C23H33N5O3S/c1-17-5-7-20(8-6-17)32(30,31)27-26-21(18-9-12-24-13-10-18)15-19-11-14-28(16-25-19)22(29)23(2,3)4/h5-8,11,14,18,24,27H,9-10,12-13,15-16H2,1-4H3. The lowest BCUT2D eigenvalue weighted by molar-refractivity contribution is -0.136. The van der Waals surface area contributed by atoms with Crippen molar-refractivity contribution in [2.75, 3.05) is 19.8 Å². The van der Waals surface area contributed by atoms with E-state index in [1.807, 2.05) is 33.8 Å². The molecule has 1 amide bonds. The predicted molar refractivity (Wildman–Crippen MR) is 127 cm³/mol. The first-order valence-electron chi connectivity index (χ1n) is 10.9. The number of aliphatic imine (C=N–C) groups is 1. The molecule has 0 atom stereocenters. The maximum absolute atomic E-state index is 12.7. The second-order valence-electron chi connectivity index (χ2n) is 9.34. The Morgan fingerprint density at radius 3 is 2.44 bits per heavy atom. The number of hydrazone groups is 1. The Balaban J connectivity index is 1.75. The van der Waals surface area contributed by atoms with Gasteiger partial charge in [-0.1, -0.05) is 38.5 Å². The van der Waals surface area contributed by atoms with Crippen LogP contribution < -0.4 is 10.1 Å². The van der Waals surface area contributed by atoms with Crippen LogP contribution in [0.1, 0.15) is 45.6 Å². The zero-order valence-electron chi connectivity index (χ0n) is 19.3. The summed E-state index contributed by atoms with van der Waals surface area (Å²) >= 11 is 0. The van der Waals surface area contributed by atoms with Gasteiger partial charge in [-0.05, 0) is 51.1 Å². The first-order chi connectivity index (χ1) is 15.1. The number of carbonyl (C=O) groups is 1. The normalized spacial score (nSPS) is 18.4. The van der Waals surface area contributed by atoms with E-state index in [0.717, 1.165) is 42.9 Å². The lowest BCUT2D eigenvalue weighted by atomic mass is 9.90. The Labute approximate surface area is 190 Å². The first-order valence-corrected chi connectivity index (χ1v) is 12.4. The summed E-state index contributed by atoms with van der Waals surface area (Å²) < 4.78 is 25.4. The van der Waals surface area contributed by atoms with Crippen LogP contribution in [0.5, 0.6) is 0 Å². The summed E-state index contributed by atoms with van der Waals surface area (Å²) in [6, 6.07) is 6.68. The molecule has 0 unspecified atom stereocenters. The smallest absolute Gasteiger partial charge is 0.276 e. The fourth-order valence-electron chi connectivity index (χ4n) is 3.63. The molecule has 0 aromatic heterocycles. The van der Waals surface area contributed by atoms with Crippen molar-refractivity contribution >= 4 is 27.4 Å². The fourth-order valence-corrected chi connectivity index (χ4v) is 4.46. The minimum atomic E-state index is -3.75. The Kier molecular flexibility index (Phi) is 7.51. The van der Waals surface area contributed by atoms with Crippen LogP contribution in [0.2, 0.25) is 0 Å². The number of hydrogen-bond donors (Lipinski definition) is 2. The molecule has 174 valence electrons. The van der Waals surface area contributed by atoms with Gasteiger partial charge >= 0.3 is 0 Å². The molecule has 0 bridgehead atoms. The van der Waals surface area contributed by atoms with Crippen LogP contribution in [0, 0.1) is 18.3 Å². The highest BCUT2D eigenvalue weighted by Gasteiger charge is 2.28. The molecule has 9 heteroatoms. The highest BCUT2D eigenvalue weighted by Crippen LogP contribution is 2.21. The van der Waals surface area contributed by atoms with E-state index in [-0.39, 0.29) is 23.4 Å². The summed E-state index contributed by atoms with van der Waals surface area (Å²) in [5.74, 6) is 0.178. The summed E-state index contributed by atoms with van der Waals surface area (Å²) in [7, 11) is -3.75. The first kappa shape index (κ1) is 24.1. The number of piperidine rings is 1. The number of rotatable bonds is 6. The summed E-state index contributed by atoms with van der Waals surface area (Å²) in [5, 5.41) is 7.69. The third-order valence-electron chi connectivity index (χ3n) is 5.59. The van der Waals surface area contributed by atoms with Crippen molar-refractivity contribution in [1.29, 1.82) is 0 Å². The molecule has 0 saturated carbocycles. The zero-order chi connectivity index (χ0) is 23.4. The van der Waals surface area contributed by atoms with Crippen molar-refractivity contribution in [3.63, 3.8) is 0 Å². The van der Waals surface area contributed by atoms with Crippen molar-refractivity contribution in [2.45, 2.75) is 51.9 Å². The number of nitrogens with one attached hydrogen (secondary N) is 2. The molecule has 8 nitrogen and oxygen atoms in total. The zero-order valence-corrected chi connectivity index (χ0v) is 20.1. The monoisotopic (exact) mass is 459 g/mol. The van der Waals surface area contributed by atoms with Crippen LogP contribution in [0.4, 0.5) is 0 Å². The van der Waals surface area contributed by atoms with Crippen LogP contribution in [0.25, 0.3) is 0 Å². The summed E-state index contributed by atoms with van der Waals surface area (Å²) in [5.41, 5.74) is 2.06.